The summed E-state index contributed by atoms with van der Waals surface area (Å²) in [5.41, 5.74) is 7.66. The van der Waals surface area contributed by atoms with Crippen molar-refractivity contribution in [3.63, 3.8) is 0 Å². The van der Waals surface area contributed by atoms with Crippen LogP contribution in [0.5, 0.6) is 0 Å². The zero-order chi connectivity index (χ0) is 12.7. The number of rotatable bonds is 1. The maximum Gasteiger partial charge on any atom is 0.206 e. The highest BCUT2D eigenvalue weighted by molar-refractivity contribution is 9.10. The Morgan fingerprint density at radius 1 is 1.17 bits per heavy atom. The van der Waals surface area contributed by atoms with Gasteiger partial charge in [0, 0.05) is 4.47 Å². The normalized spacial score (nSPS) is 11.0. The SMILES string of the molecule is Nc1nc2c(F)cccc2n1-c1cccc(Br)c1. The van der Waals surface area contributed by atoms with Crippen LogP contribution in [-0.4, -0.2) is 9.55 Å². The number of benzene rings is 2. The predicted molar refractivity (Wildman–Crippen MR) is 73.1 cm³/mol. The van der Waals surface area contributed by atoms with Crippen LogP contribution in [0.15, 0.2) is 46.9 Å². The highest BCUT2D eigenvalue weighted by Gasteiger charge is 2.12. The van der Waals surface area contributed by atoms with E-state index in [0.717, 1.165) is 10.2 Å². The van der Waals surface area contributed by atoms with Crippen molar-refractivity contribution in [3.8, 4) is 5.69 Å². The van der Waals surface area contributed by atoms with Crippen molar-refractivity contribution in [3.05, 3.63) is 52.8 Å². The van der Waals surface area contributed by atoms with Crippen molar-refractivity contribution in [2.45, 2.75) is 0 Å². The van der Waals surface area contributed by atoms with Gasteiger partial charge in [-0.1, -0.05) is 28.1 Å². The third-order valence-electron chi connectivity index (χ3n) is 2.73. The third-order valence-corrected chi connectivity index (χ3v) is 3.22. The van der Waals surface area contributed by atoms with Crippen LogP contribution in [0.25, 0.3) is 16.7 Å². The lowest BCUT2D eigenvalue weighted by Gasteiger charge is -2.06. The van der Waals surface area contributed by atoms with Gasteiger partial charge in [-0.3, -0.25) is 4.57 Å². The summed E-state index contributed by atoms with van der Waals surface area (Å²) in [7, 11) is 0. The summed E-state index contributed by atoms with van der Waals surface area (Å²) in [6.07, 6.45) is 0. The predicted octanol–water partition coefficient (Wildman–Crippen LogP) is 3.51. The van der Waals surface area contributed by atoms with Crippen LogP contribution >= 0.6 is 15.9 Å². The second kappa shape index (κ2) is 4.10. The molecule has 18 heavy (non-hydrogen) atoms. The molecule has 5 heteroatoms. The van der Waals surface area contributed by atoms with Gasteiger partial charge in [0.25, 0.3) is 0 Å². The standard InChI is InChI=1S/C13H9BrFN3/c14-8-3-1-4-9(7-8)18-11-6-2-5-10(15)12(11)17-13(18)16/h1-7H,(H2,16,17). The molecular weight excluding hydrogens is 297 g/mol. The fourth-order valence-corrected chi connectivity index (χ4v) is 2.36. The molecular formula is C13H9BrFN3. The van der Waals surface area contributed by atoms with E-state index in [1.54, 1.807) is 16.7 Å². The van der Waals surface area contributed by atoms with E-state index in [0.29, 0.717) is 5.52 Å². The van der Waals surface area contributed by atoms with Crippen molar-refractivity contribution < 1.29 is 4.39 Å². The zero-order valence-electron chi connectivity index (χ0n) is 9.27. The maximum absolute atomic E-state index is 13.6. The summed E-state index contributed by atoms with van der Waals surface area (Å²) < 4.78 is 16.3. The number of imidazole rings is 1. The number of para-hydroxylation sites is 1. The van der Waals surface area contributed by atoms with Gasteiger partial charge in [-0.15, -0.1) is 0 Å². The van der Waals surface area contributed by atoms with E-state index in [4.69, 9.17) is 5.73 Å². The van der Waals surface area contributed by atoms with E-state index < -0.39 is 0 Å². The van der Waals surface area contributed by atoms with Crippen LogP contribution in [0.2, 0.25) is 0 Å². The number of nitrogen functional groups attached to an aromatic ring is 1. The molecule has 90 valence electrons. The lowest BCUT2D eigenvalue weighted by atomic mass is 10.2. The smallest absolute Gasteiger partial charge is 0.206 e. The number of hydrogen-bond donors (Lipinski definition) is 1. The Bertz CT molecular complexity index is 736. The summed E-state index contributed by atoms with van der Waals surface area (Å²) in [5, 5.41) is 0. The van der Waals surface area contributed by atoms with Crippen molar-refractivity contribution in [2.75, 3.05) is 5.73 Å². The quantitative estimate of drug-likeness (QED) is 0.747. The van der Waals surface area contributed by atoms with Crippen molar-refractivity contribution >= 4 is 32.9 Å². The third kappa shape index (κ3) is 1.67. The van der Waals surface area contributed by atoms with E-state index in [9.17, 15) is 4.39 Å². The lowest BCUT2D eigenvalue weighted by Crippen LogP contribution is -2.00. The minimum atomic E-state index is -0.368. The molecule has 0 aliphatic carbocycles. The zero-order valence-corrected chi connectivity index (χ0v) is 10.9. The van der Waals surface area contributed by atoms with Gasteiger partial charge in [-0.25, -0.2) is 9.37 Å². The van der Waals surface area contributed by atoms with Crippen LogP contribution in [0.3, 0.4) is 0 Å². The highest BCUT2D eigenvalue weighted by atomic mass is 79.9. The molecule has 1 heterocycles. The number of halogens is 2. The minimum Gasteiger partial charge on any atom is -0.369 e. The van der Waals surface area contributed by atoms with Gasteiger partial charge >= 0.3 is 0 Å². The summed E-state index contributed by atoms with van der Waals surface area (Å²) in [5.74, 6) is -0.0962. The molecule has 0 spiro atoms. The van der Waals surface area contributed by atoms with E-state index in [2.05, 4.69) is 20.9 Å². The molecule has 3 aromatic rings. The Morgan fingerprint density at radius 3 is 2.72 bits per heavy atom. The summed E-state index contributed by atoms with van der Waals surface area (Å²) in [4.78, 5) is 4.07. The van der Waals surface area contributed by atoms with Gasteiger partial charge in [0.05, 0.1) is 11.2 Å². The van der Waals surface area contributed by atoms with Crippen LogP contribution < -0.4 is 5.73 Å². The van der Waals surface area contributed by atoms with Gasteiger partial charge in [0.2, 0.25) is 5.95 Å². The first-order valence-electron chi connectivity index (χ1n) is 5.35. The molecule has 0 saturated carbocycles. The minimum absolute atomic E-state index is 0.271. The summed E-state index contributed by atoms with van der Waals surface area (Å²) in [6, 6.07) is 12.4. The molecule has 0 amide bonds. The molecule has 3 rings (SSSR count). The van der Waals surface area contributed by atoms with E-state index in [-0.39, 0.29) is 17.3 Å². The van der Waals surface area contributed by atoms with Crippen LogP contribution in [0.4, 0.5) is 10.3 Å². The Hall–Kier alpha value is -1.88. The monoisotopic (exact) mass is 305 g/mol. The molecule has 3 nitrogen and oxygen atoms in total. The van der Waals surface area contributed by atoms with Crippen molar-refractivity contribution in [1.29, 1.82) is 0 Å². The Labute approximate surface area is 111 Å². The molecule has 2 N–H and O–H groups in total. The molecule has 2 aromatic carbocycles. The molecule has 0 aliphatic rings. The van der Waals surface area contributed by atoms with Gasteiger partial charge < -0.3 is 5.73 Å². The van der Waals surface area contributed by atoms with Crippen molar-refractivity contribution in [2.24, 2.45) is 0 Å². The average molecular weight is 306 g/mol. The molecule has 0 fully saturated rings. The molecule has 0 bridgehead atoms. The Kier molecular flexibility index (Phi) is 2.56. The topological polar surface area (TPSA) is 43.8 Å². The number of aromatic nitrogens is 2. The largest absolute Gasteiger partial charge is 0.369 e. The fraction of sp³-hybridized carbons (Fsp3) is 0. The number of fused-ring (bicyclic) bond motifs is 1. The number of nitrogens with zero attached hydrogens (tertiary/aromatic N) is 2. The van der Waals surface area contributed by atoms with E-state index in [1.807, 2.05) is 24.3 Å². The maximum atomic E-state index is 13.6. The Balaban J connectivity index is 2.36. The Morgan fingerprint density at radius 2 is 1.94 bits per heavy atom. The van der Waals surface area contributed by atoms with Crippen molar-refractivity contribution in [1.82, 2.24) is 9.55 Å². The number of nitrogens with two attached hydrogens (primary N) is 1. The average Bonchev–Trinajstić information content (AvgIpc) is 2.67. The van der Waals surface area contributed by atoms with Gasteiger partial charge in [0.15, 0.2) is 5.82 Å². The van der Waals surface area contributed by atoms with Crippen LogP contribution in [0.1, 0.15) is 0 Å². The van der Waals surface area contributed by atoms with Gasteiger partial charge in [0.1, 0.15) is 5.52 Å². The second-order valence-corrected chi connectivity index (χ2v) is 4.81. The molecule has 0 radical (unpaired) electrons. The molecule has 1 aromatic heterocycles. The van der Waals surface area contributed by atoms with Gasteiger partial charge in [-0.05, 0) is 30.3 Å². The highest BCUT2D eigenvalue weighted by Crippen LogP contribution is 2.26. The first kappa shape index (κ1) is 11.2. The van der Waals surface area contributed by atoms with Crippen LogP contribution in [-0.2, 0) is 0 Å². The van der Waals surface area contributed by atoms with Crippen LogP contribution in [0, 0.1) is 5.82 Å². The van der Waals surface area contributed by atoms with E-state index in [1.165, 1.54) is 6.07 Å². The molecule has 0 unspecified atom stereocenters. The number of hydrogen-bond acceptors (Lipinski definition) is 2. The van der Waals surface area contributed by atoms with E-state index >= 15 is 0 Å². The first-order chi connectivity index (χ1) is 8.66. The molecule has 0 atom stereocenters. The molecule has 0 saturated heterocycles. The second-order valence-electron chi connectivity index (χ2n) is 3.89. The lowest BCUT2D eigenvalue weighted by molar-refractivity contribution is 0.637. The summed E-state index contributed by atoms with van der Waals surface area (Å²) >= 11 is 3.40. The first-order valence-corrected chi connectivity index (χ1v) is 6.14. The summed E-state index contributed by atoms with van der Waals surface area (Å²) in [6.45, 7) is 0. The fourth-order valence-electron chi connectivity index (χ4n) is 1.97. The molecule has 0 aliphatic heterocycles. The van der Waals surface area contributed by atoms with Gasteiger partial charge in [-0.2, -0.15) is 0 Å². The number of anilines is 1.